The second-order valence-corrected chi connectivity index (χ2v) is 5.91. The summed E-state index contributed by atoms with van der Waals surface area (Å²) in [6.45, 7) is 5.08. The third kappa shape index (κ3) is 2.43. The second-order valence-electron chi connectivity index (χ2n) is 5.06. The summed E-state index contributed by atoms with van der Waals surface area (Å²) in [6.07, 6.45) is 7.03. The van der Waals surface area contributed by atoms with E-state index in [0.29, 0.717) is 5.92 Å². The van der Waals surface area contributed by atoms with Crippen molar-refractivity contribution in [1.82, 2.24) is 9.78 Å². The van der Waals surface area contributed by atoms with E-state index in [9.17, 15) is 5.11 Å². The lowest BCUT2D eigenvalue weighted by Crippen LogP contribution is -2.35. The zero-order valence-corrected chi connectivity index (χ0v) is 12.2. The van der Waals surface area contributed by atoms with Crippen LogP contribution in [-0.4, -0.2) is 14.9 Å². The molecule has 1 aromatic heterocycles. The van der Waals surface area contributed by atoms with E-state index >= 15 is 0 Å². The van der Waals surface area contributed by atoms with Crippen LogP contribution in [0.4, 0.5) is 0 Å². The van der Waals surface area contributed by atoms with Gasteiger partial charge in [-0.1, -0.05) is 19.8 Å². The van der Waals surface area contributed by atoms with Crippen LogP contribution < -0.4 is 0 Å². The van der Waals surface area contributed by atoms with Crippen LogP contribution in [0.3, 0.4) is 0 Å². The molecule has 96 valence electrons. The van der Waals surface area contributed by atoms with Crippen molar-refractivity contribution in [2.75, 3.05) is 0 Å². The van der Waals surface area contributed by atoms with Crippen LogP contribution in [0.1, 0.15) is 51.6 Å². The van der Waals surface area contributed by atoms with E-state index in [4.69, 9.17) is 0 Å². The molecule has 1 aromatic rings. The number of halogens is 1. The van der Waals surface area contributed by atoms with E-state index in [-0.39, 0.29) is 0 Å². The minimum absolute atomic E-state index is 0.640. The van der Waals surface area contributed by atoms with Gasteiger partial charge in [0.05, 0.1) is 16.4 Å². The van der Waals surface area contributed by atoms with Crippen LogP contribution in [0.15, 0.2) is 10.7 Å². The first-order valence-electron chi connectivity index (χ1n) is 6.55. The van der Waals surface area contributed by atoms with Crippen LogP contribution in [0, 0.1) is 5.92 Å². The van der Waals surface area contributed by atoms with Crippen LogP contribution in [0.25, 0.3) is 0 Å². The van der Waals surface area contributed by atoms with Gasteiger partial charge in [0.25, 0.3) is 0 Å². The Kier molecular flexibility index (Phi) is 3.93. The minimum Gasteiger partial charge on any atom is -0.384 e. The summed E-state index contributed by atoms with van der Waals surface area (Å²) in [5.74, 6) is 0.640. The van der Waals surface area contributed by atoms with Crippen molar-refractivity contribution in [3.05, 3.63) is 16.4 Å². The Morgan fingerprint density at radius 1 is 1.59 bits per heavy atom. The maximum absolute atomic E-state index is 10.9. The number of nitrogens with zero attached hydrogens (tertiary/aromatic N) is 2. The molecule has 0 aromatic carbocycles. The smallest absolute Gasteiger partial charge is 0.108 e. The van der Waals surface area contributed by atoms with Gasteiger partial charge >= 0.3 is 0 Å². The van der Waals surface area contributed by atoms with Crippen molar-refractivity contribution in [1.29, 1.82) is 0 Å². The highest BCUT2D eigenvalue weighted by atomic mass is 79.9. The molecule has 0 saturated heterocycles. The molecule has 0 radical (unpaired) electrons. The molecule has 2 rings (SSSR count). The predicted octanol–water partition coefficient (Wildman–Crippen LogP) is 3.45. The van der Waals surface area contributed by atoms with Crippen LogP contribution >= 0.6 is 15.9 Å². The highest BCUT2D eigenvalue weighted by Gasteiger charge is 2.39. The first kappa shape index (κ1) is 13.1. The SMILES string of the molecule is CCC1CCCC(O)(c2c(Br)cnn2CC)C1. The quantitative estimate of drug-likeness (QED) is 0.928. The zero-order chi connectivity index (χ0) is 12.5. The van der Waals surface area contributed by atoms with Crippen molar-refractivity contribution < 1.29 is 5.11 Å². The molecule has 0 spiro atoms. The fourth-order valence-electron chi connectivity index (χ4n) is 2.99. The second kappa shape index (κ2) is 5.11. The molecular formula is C13H21BrN2O. The molecule has 3 nitrogen and oxygen atoms in total. The molecule has 17 heavy (non-hydrogen) atoms. The fraction of sp³-hybridized carbons (Fsp3) is 0.769. The third-order valence-corrected chi connectivity index (χ3v) is 4.52. The minimum atomic E-state index is -0.690. The molecule has 4 heteroatoms. The Morgan fingerprint density at radius 3 is 3.00 bits per heavy atom. The van der Waals surface area contributed by atoms with E-state index in [2.05, 4.69) is 34.9 Å². The average molecular weight is 301 g/mol. The number of hydrogen-bond donors (Lipinski definition) is 1. The average Bonchev–Trinajstić information content (AvgIpc) is 2.71. The molecule has 1 aliphatic rings. The van der Waals surface area contributed by atoms with Gasteiger partial charge in [0.1, 0.15) is 5.60 Å². The van der Waals surface area contributed by atoms with Gasteiger partial charge in [-0.15, -0.1) is 0 Å². The van der Waals surface area contributed by atoms with Gasteiger partial charge in [-0.3, -0.25) is 4.68 Å². The van der Waals surface area contributed by atoms with Crippen molar-refractivity contribution in [3.8, 4) is 0 Å². The molecule has 1 N–H and O–H groups in total. The largest absolute Gasteiger partial charge is 0.384 e. The Morgan fingerprint density at radius 2 is 2.35 bits per heavy atom. The summed E-state index contributed by atoms with van der Waals surface area (Å²) in [5.41, 5.74) is 0.280. The first-order valence-corrected chi connectivity index (χ1v) is 7.34. The highest BCUT2D eigenvalue weighted by molar-refractivity contribution is 9.10. The topological polar surface area (TPSA) is 38.1 Å². The van der Waals surface area contributed by atoms with E-state index in [1.54, 1.807) is 6.20 Å². The van der Waals surface area contributed by atoms with Gasteiger partial charge in [0.15, 0.2) is 0 Å². The number of aryl methyl sites for hydroxylation is 1. The summed E-state index contributed by atoms with van der Waals surface area (Å²) in [4.78, 5) is 0. The number of aliphatic hydroxyl groups is 1. The molecular weight excluding hydrogens is 280 g/mol. The summed E-state index contributed by atoms with van der Waals surface area (Å²) >= 11 is 3.53. The highest BCUT2D eigenvalue weighted by Crippen LogP contribution is 2.43. The lowest BCUT2D eigenvalue weighted by atomic mass is 9.75. The van der Waals surface area contributed by atoms with Crippen molar-refractivity contribution in [2.24, 2.45) is 5.92 Å². The number of rotatable bonds is 3. The Bertz CT molecular complexity index is 391. The lowest BCUT2D eigenvalue weighted by Gasteiger charge is -2.37. The van der Waals surface area contributed by atoms with Crippen LogP contribution in [0.2, 0.25) is 0 Å². The number of aromatic nitrogens is 2. The van der Waals surface area contributed by atoms with Gasteiger partial charge in [0.2, 0.25) is 0 Å². The molecule has 2 atom stereocenters. The Balaban J connectivity index is 2.33. The maximum atomic E-state index is 10.9. The third-order valence-electron chi connectivity index (χ3n) is 3.94. The van der Waals surface area contributed by atoms with Crippen molar-refractivity contribution in [3.63, 3.8) is 0 Å². The fourth-order valence-corrected chi connectivity index (χ4v) is 3.66. The summed E-state index contributed by atoms with van der Waals surface area (Å²) in [6, 6.07) is 0. The molecule has 1 heterocycles. The van der Waals surface area contributed by atoms with Gasteiger partial charge < -0.3 is 5.11 Å². The Labute approximate surface area is 111 Å². The van der Waals surface area contributed by atoms with Crippen molar-refractivity contribution >= 4 is 15.9 Å². The molecule has 0 bridgehead atoms. The molecule has 1 fully saturated rings. The van der Waals surface area contributed by atoms with Gasteiger partial charge in [-0.2, -0.15) is 5.10 Å². The standard InChI is InChI=1S/C13H21BrN2O/c1-3-10-6-5-7-13(17,8-10)12-11(14)9-15-16(12)4-2/h9-10,17H,3-8H2,1-2H3. The van der Waals surface area contributed by atoms with E-state index < -0.39 is 5.60 Å². The van der Waals surface area contributed by atoms with E-state index in [1.165, 1.54) is 6.42 Å². The van der Waals surface area contributed by atoms with Gasteiger partial charge in [0, 0.05) is 6.54 Å². The normalized spacial score (nSPS) is 29.5. The van der Waals surface area contributed by atoms with Gasteiger partial charge in [-0.05, 0) is 48.0 Å². The molecule has 0 amide bonds. The van der Waals surface area contributed by atoms with Crippen LogP contribution in [0.5, 0.6) is 0 Å². The molecule has 2 unspecified atom stereocenters. The van der Waals surface area contributed by atoms with Crippen molar-refractivity contribution in [2.45, 2.75) is 58.1 Å². The Hall–Kier alpha value is -0.350. The predicted molar refractivity (Wildman–Crippen MR) is 71.7 cm³/mol. The van der Waals surface area contributed by atoms with E-state index in [1.807, 2.05) is 4.68 Å². The summed E-state index contributed by atoms with van der Waals surface area (Å²) in [7, 11) is 0. The molecule has 1 saturated carbocycles. The monoisotopic (exact) mass is 300 g/mol. The first-order chi connectivity index (χ1) is 8.10. The van der Waals surface area contributed by atoms with Gasteiger partial charge in [-0.25, -0.2) is 0 Å². The maximum Gasteiger partial charge on any atom is 0.108 e. The summed E-state index contributed by atoms with van der Waals surface area (Å²) in [5, 5.41) is 15.3. The number of hydrogen-bond acceptors (Lipinski definition) is 2. The van der Waals surface area contributed by atoms with Crippen LogP contribution in [-0.2, 0) is 12.1 Å². The zero-order valence-electron chi connectivity index (χ0n) is 10.6. The summed E-state index contributed by atoms with van der Waals surface area (Å²) < 4.78 is 2.86. The van der Waals surface area contributed by atoms with E-state index in [0.717, 1.165) is 42.4 Å². The molecule has 1 aliphatic carbocycles. The lowest BCUT2D eigenvalue weighted by molar-refractivity contribution is -0.0295. The molecule has 0 aliphatic heterocycles.